The number of amides is 1. The third-order valence-corrected chi connectivity index (χ3v) is 6.15. The van der Waals surface area contributed by atoms with E-state index in [-0.39, 0.29) is 11.3 Å². The van der Waals surface area contributed by atoms with Gasteiger partial charge in [-0.3, -0.25) is 14.5 Å². The Kier molecular flexibility index (Phi) is 4.67. The zero-order valence-corrected chi connectivity index (χ0v) is 17.8. The maximum Gasteiger partial charge on any atom is 0.300 e. The van der Waals surface area contributed by atoms with Crippen LogP contribution in [0.1, 0.15) is 28.3 Å². The van der Waals surface area contributed by atoms with Gasteiger partial charge in [-0.15, -0.1) is 0 Å². The summed E-state index contributed by atoms with van der Waals surface area (Å²) in [4.78, 5) is 31.3. The molecule has 0 aliphatic carbocycles. The van der Waals surface area contributed by atoms with Crippen molar-refractivity contribution >= 4 is 34.0 Å². The minimum atomic E-state index is -0.731. The summed E-state index contributed by atoms with van der Waals surface area (Å²) in [6.07, 6.45) is 1.68. The lowest BCUT2D eigenvalue weighted by Crippen LogP contribution is -2.30. The number of H-pyrrole nitrogens is 1. The summed E-state index contributed by atoms with van der Waals surface area (Å²) in [7, 11) is 0. The number of benzene rings is 3. The maximum atomic E-state index is 13.3. The molecule has 1 amide bonds. The summed E-state index contributed by atoms with van der Waals surface area (Å²) in [6, 6.07) is 21.9. The van der Waals surface area contributed by atoms with E-state index in [0.29, 0.717) is 11.3 Å². The molecule has 4 aromatic rings. The lowest BCUT2D eigenvalue weighted by Gasteiger charge is -2.27. The predicted octanol–water partition coefficient (Wildman–Crippen LogP) is 5.41. The second kappa shape index (κ2) is 7.54. The van der Waals surface area contributed by atoms with Crippen molar-refractivity contribution in [2.24, 2.45) is 0 Å². The Morgan fingerprint density at radius 3 is 2.28 bits per heavy atom. The van der Waals surface area contributed by atoms with Crippen LogP contribution in [0, 0.1) is 13.8 Å². The first kappa shape index (κ1) is 19.8. The zero-order chi connectivity index (χ0) is 22.4. The number of aromatic amines is 1. The van der Waals surface area contributed by atoms with Crippen molar-refractivity contribution in [3.63, 3.8) is 0 Å². The van der Waals surface area contributed by atoms with Gasteiger partial charge in [-0.2, -0.15) is 0 Å². The minimum absolute atomic E-state index is 0.0947. The first-order valence-electron chi connectivity index (χ1n) is 10.5. The van der Waals surface area contributed by atoms with Crippen LogP contribution in [0.5, 0.6) is 0 Å². The first-order valence-corrected chi connectivity index (χ1v) is 10.5. The van der Waals surface area contributed by atoms with Crippen LogP contribution in [0.4, 0.5) is 5.69 Å². The average Bonchev–Trinajstić information content (AvgIpc) is 3.34. The van der Waals surface area contributed by atoms with Crippen molar-refractivity contribution < 1.29 is 14.7 Å². The Morgan fingerprint density at radius 2 is 1.53 bits per heavy atom. The number of ketones is 1. The Balaban J connectivity index is 1.80. The molecule has 2 N–H and O–H groups in total. The van der Waals surface area contributed by atoms with Crippen molar-refractivity contribution in [2.45, 2.75) is 19.9 Å². The number of aliphatic hydroxyl groups is 1. The van der Waals surface area contributed by atoms with E-state index in [1.54, 1.807) is 6.20 Å². The fraction of sp³-hybridized carbons (Fsp3) is 0.111. The molecule has 1 aromatic heterocycles. The van der Waals surface area contributed by atoms with Gasteiger partial charge < -0.3 is 10.1 Å². The number of hydrogen-bond acceptors (Lipinski definition) is 3. The van der Waals surface area contributed by atoms with E-state index in [2.05, 4.69) is 4.98 Å². The van der Waals surface area contributed by atoms with Gasteiger partial charge in [-0.05, 0) is 42.7 Å². The van der Waals surface area contributed by atoms with Gasteiger partial charge >= 0.3 is 0 Å². The molecule has 1 fully saturated rings. The number of nitrogens with zero attached hydrogens (tertiary/aromatic N) is 1. The first-order chi connectivity index (χ1) is 15.5. The number of Topliss-reactive ketones (excluding diaryl/α,β-unsaturated/α-hetero) is 1. The third kappa shape index (κ3) is 2.94. The maximum absolute atomic E-state index is 13.3. The monoisotopic (exact) mass is 422 g/mol. The molecule has 5 nitrogen and oxygen atoms in total. The van der Waals surface area contributed by atoms with Gasteiger partial charge in [0, 0.05) is 28.4 Å². The molecule has 0 spiro atoms. The summed E-state index contributed by atoms with van der Waals surface area (Å²) < 4.78 is 0. The van der Waals surface area contributed by atoms with E-state index in [1.807, 2.05) is 86.6 Å². The fourth-order valence-electron chi connectivity index (χ4n) is 4.52. The standard InChI is InChI=1S/C27H22N2O3/c1-16-9-3-5-11-18(16)24-23(25(30)20-15-28-21-13-7-6-12-19(20)21)26(31)27(32)29(24)22-14-8-4-10-17(22)2/h3-15,24,28,30H,1-2H3/b25-23+. The minimum Gasteiger partial charge on any atom is -0.507 e. The second-order valence-electron chi connectivity index (χ2n) is 8.06. The van der Waals surface area contributed by atoms with Gasteiger partial charge in [0.05, 0.1) is 11.6 Å². The molecule has 1 atom stereocenters. The highest BCUT2D eigenvalue weighted by Crippen LogP contribution is 2.44. The molecule has 32 heavy (non-hydrogen) atoms. The number of aryl methyl sites for hydroxylation is 2. The SMILES string of the molecule is Cc1ccccc1C1/C(=C(\O)c2c[nH]c3ccccc23)C(=O)C(=O)N1c1ccccc1C. The summed E-state index contributed by atoms with van der Waals surface area (Å²) in [6.45, 7) is 3.85. The molecule has 158 valence electrons. The Labute approximate surface area is 185 Å². The molecule has 5 rings (SSSR count). The Hall–Kier alpha value is -4.12. The largest absolute Gasteiger partial charge is 0.507 e. The number of aliphatic hydroxyl groups excluding tert-OH is 1. The number of nitrogens with one attached hydrogen (secondary N) is 1. The number of carbonyl (C=O) groups is 2. The molecular formula is C27H22N2O3. The van der Waals surface area contributed by atoms with E-state index in [1.165, 1.54) is 4.90 Å². The lowest BCUT2D eigenvalue weighted by molar-refractivity contribution is -0.132. The Morgan fingerprint density at radius 1 is 0.875 bits per heavy atom. The molecule has 3 aromatic carbocycles. The number of fused-ring (bicyclic) bond motifs is 1. The van der Waals surface area contributed by atoms with Gasteiger partial charge in [-0.1, -0.05) is 60.7 Å². The van der Waals surface area contributed by atoms with Crippen LogP contribution in [0.25, 0.3) is 16.7 Å². The highest BCUT2D eigenvalue weighted by molar-refractivity contribution is 6.52. The molecular weight excluding hydrogens is 400 g/mol. The summed E-state index contributed by atoms with van der Waals surface area (Å²) in [5.41, 5.74) is 4.70. The van der Waals surface area contributed by atoms with E-state index < -0.39 is 17.7 Å². The third-order valence-electron chi connectivity index (χ3n) is 6.15. The molecule has 0 radical (unpaired) electrons. The molecule has 0 bridgehead atoms. The topological polar surface area (TPSA) is 73.4 Å². The number of anilines is 1. The van der Waals surface area contributed by atoms with Crippen molar-refractivity contribution in [1.82, 2.24) is 4.98 Å². The summed E-state index contributed by atoms with van der Waals surface area (Å²) >= 11 is 0. The van der Waals surface area contributed by atoms with Gasteiger partial charge in [0.2, 0.25) is 0 Å². The van der Waals surface area contributed by atoms with Crippen LogP contribution in [0.3, 0.4) is 0 Å². The van der Waals surface area contributed by atoms with E-state index >= 15 is 0 Å². The number of para-hydroxylation sites is 2. The second-order valence-corrected chi connectivity index (χ2v) is 8.06. The number of carbonyl (C=O) groups excluding carboxylic acids is 2. The van der Waals surface area contributed by atoms with Crippen LogP contribution in [0.2, 0.25) is 0 Å². The average molecular weight is 422 g/mol. The molecule has 1 aliphatic heterocycles. The number of aromatic nitrogens is 1. The lowest BCUT2D eigenvalue weighted by atomic mass is 9.92. The number of rotatable bonds is 3. The van der Waals surface area contributed by atoms with Crippen LogP contribution >= 0.6 is 0 Å². The van der Waals surface area contributed by atoms with Crippen LogP contribution < -0.4 is 4.90 Å². The molecule has 1 saturated heterocycles. The highest BCUT2D eigenvalue weighted by atomic mass is 16.3. The van der Waals surface area contributed by atoms with E-state index in [0.717, 1.165) is 27.6 Å². The van der Waals surface area contributed by atoms with E-state index in [4.69, 9.17) is 0 Å². The van der Waals surface area contributed by atoms with Crippen LogP contribution in [-0.2, 0) is 9.59 Å². The summed E-state index contributed by atoms with van der Waals surface area (Å²) in [5, 5.41) is 12.2. The smallest absolute Gasteiger partial charge is 0.300 e. The zero-order valence-electron chi connectivity index (χ0n) is 17.8. The molecule has 0 saturated carbocycles. The van der Waals surface area contributed by atoms with Crippen molar-refractivity contribution in [3.05, 3.63) is 107 Å². The van der Waals surface area contributed by atoms with Crippen LogP contribution in [0.15, 0.2) is 84.6 Å². The normalized spacial score (nSPS) is 17.9. The van der Waals surface area contributed by atoms with E-state index in [9.17, 15) is 14.7 Å². The van der Waals surface area contributed by atoms with Crippen molar-refractivity contribution in [1.29, 1.82) is 0 Å². The molecule has 2 heterocycles. The number of hydrogen-bond donors (Lipinski definition) is 2. The fourth-order valence-corrected chi connectivity index (χ4v) is 4.52. The molecule has 1 unspecified atom stereocenters. The van der Waals surface area contributed by atoms with Gasteiger partial charge in [0.15, 0.2) is 0 Å². The summed E-state index contributed by atoms with van der Waals surface area (Å²) in [5.74, 6) is -1.51. The quantitative estimate of drug-likeness (QED) is 0.263. The van der Waals surface area contributed by atoms with Crippen molar-refractivity contribution in [2.75, 3.05) is 4.90 Å². The van der Waals surface area contributed by atoms with Gasteiger partial charge in [-0.25, -0.2) is 0 Å². The molecule has 1 aliphatic rings. The predicted molar refractivity (Wildman–Crippen MR) is 125 cm³/mol. The highest BCUT2D eigenvalue weighted by Gasteiger charge is 2.47. The van der Waals surface area contributed by atoms with Gasteiger partial charge in [0.1, 0.15) is 5.76 Å². The molecule has 5 heteroatoms. The Bertz CT molecular complexity index is 1410. The van der Waals surface area contributed by atoms with Crippen molar-refractivity contribution in [3.8, 4) is 0 Å². The van der Waals surface area contributed by atoms with Crippen LogP contribution in [-0.4, -0.2) is 21.8 Å². The van der Waals surface area contributed by atoms with Gasteiger partial charge in [0.25, 0.3) is 11.7 Å².